The molecule has 0 saturated carbocycles. The average Bonchev–Trinajstić information content (AvgIpc) is 3.25. The molecule has 2 aromatic carbocycles. The van der Waals surface area contributed by atoms with E-state index in [4.69, 9.17) is 0 Å². The summed E-state index contributed by atoms with van der Waals surface area (Å²) in [5, 5.41) is 10.7. The lowest BCUT2D eigenvalue weighted by Gasteiger charge is -2.13. The van der Waals surface area contributed by atoms with Gasteiger partial charge in [-0.15, -0.1) is 0 Å². The SMILES string of the molecule is CC(C)c1cccc2c1c(S(=O)(=O)NCC(O)c1cccnc1)cn2S(=O)(=O)c1ccccc1. The molecule has 0 bridgehead atoms. The van der Waals surface area contributed by atoms with Crippen LogP contribution in [0.4, 0.5) is 0 Å². The third-order valence-corrected chi connectivity index (χ3v) is 8.66. The van der Waals surface area contributed by atoms with E-state index in [1.807, 2.05) is 13.8 Å². The molecule has 4 rings (SSSR count). The highest BCUT2D eigenvalue weighted by Gasteiger charge is 2.29. The summed E-state index contributed by atoms with van der Waals surface area (Å²) in [5.74, 6) is -0.0612. The van der Waals surface area contributed by atoms with Crippen LogP contribution in [0.3, 0.4) is 0 Å². The first-order valence-electron chi connectivity index (χ1n) is 10.6. The summed E-state index contributed by atoms with van der Waals surface area (Å²) < 4.78 is 57.0. The lowest BCUT2D eigenvalue weighted by atomic mass is 9.99. The summed E-state index contributed by atoms with van der Waals surface area (Å²) in [6, 6.07) is 16.2. The van der Waals surface area contributed by atoms with Gasteiger partial charge in [-0.05, 0) is 35.7 Å². The number of pyridine rings is 1. The van der Waals surface area contributed by atoms with Gasteiger partial charge < -0.3 is 5.11 Å². The molecule has 10 heteroatoms. The Morgan fingerprint density at radius 2 is 1.71 bits per heavy atom. The number of fused-ring (bicyclic) bond motifs is 1. The molecule has 2 heterocycles. The number of hydrogen-bond acceptors (Lipinski definition) is 6. The molecule has 2 aromatic heterocycles. The molecule has 8 nitrogen and oxygen atoms in total. The van der Waals surface area contributed by atoms with E-state index in [9.17, 15) is 21.9 Å². The number of benzene rings is 2. The van der Waals surface area contributed by atoms with Crippen LogP contribution in [0, 0.1) is 0 Å². The van der Waals surface area contributed by atoms with Gasteiger partial charge in [0.25, 0.3) is 10.0 Å². The maximum atomic E-state index is 13.4. The molecule has 0 spiro atoms. The van der Waals surface area contributed by atoms with Gasteiger partial charge in [0.05, 0.1) is 16.5 Å². The topological polar surface area (TPSA) is 118 Å². The van der Waals surface area contributed by atoms with Crippen LogP contribution in [0.5, 0.6) is 0 Å². The Kier molecular flexibility index (Phi) is 6.59. The monoisotopic (exact) mass is 499 g/mol. The zero-order valence-corrected chi connectivity index (χ0v) is 20.3. The molecular weight excluding hydrogens is 474 g/mol. The molecule has 1 atom stereocenters. The van der Waals surface area contributed by atoms with Crippen molar-refractivity contribution >= 4 is 30.9 Å². The molecule has 34 heavy (non-hydrogen) atoms. The Bertz CT molecular complexity index is 1520. The van der Waals surface area contributed by atoms with Crippen molar-refractivity contribution in [3.63, 3.8) is 0 Å². The molecule has 0 fully saturated rings. The second kappa shape index (κ2) is 9.30. The minimum atomic E-state index is -4.18. The van der Waals surface area contributed by atoms with Gasteiger partial charge in [-0.3, -0.25) is 4.98 Å². The normalized spacial score (nSPS) is 13.4. The van der Waals surface area contributed by atoms with E-state index >= 15 is 0 Å². The zero-order chi connectivity index (χ0) is 24.5. The summed E-state index contributed by atoms with van der Waals surface area (Å²) in [4.78, 5) is 3.82. The lowest BCUT2D eigenvalue weighted by molar-refractivity contribution is 0.181. The Labute approximate surface area is 199 Å². The van der Waals surface area contributed by atoms with Crippen LogP contribution >= 0.6 is 0 Å². The van der Waals surface area contributed by atoms with Crippen molar-refractivity contribution in [3.05, 3.63) is 90.4 Å². The van der Waals surface area contributed by atoms with Crippen LogP contribution in [0.2, 0.25) is 0 Å². The molecule has 0 aliphatic heterocycles. The summed E-state index contributed by atoms with van der Waals surface area (Å²) in [6.45, 7) is 3.53. The Hall–Kier alpha value is -3.05. The largest absolute Gasteiger partial charge is 0.387 e. The van der Waals surface area contributed by atoms with Crippen molar-refractivity contribution < 1.29 is 21.9 Å². The molecular formula is C24H25N3O5S2. The first-order chi connectivity index (χ1) is 16.1. The highest BCUT2D eigenvalue weighted by molar-refractivity contribution is 7.91. The number of aromatic nitrogens is 2. The van der Waals surface area contributed by atoms with E-state index in [1.54, 1.807) is 54.7 Å². The quantitative estimate of drug-likeness (QED) is 0.384. The average molecular weight is 500 g/mol. The fourth-order valence-electron chi connectivity index (χ4n) is 3.80. The van der Waals surface area contributed by atoms with E-state index < -0.39 is 26.2 Å². The molecule has 0 amide bonds. The van der Waals surface area contributed by atoms with E-state index in [0.29, 0.717) is 16.5 Å². The van der Waals surface area contributed by atoms with Crippen molar-refractivity contribution in [2.75, 3.05) is 6.54 Å². The number of aliphatic hydroxyl groups is 1. The van der Waals surface area contributed by atoms with E-state index in [1.165, 1.54) is 18.3 Å². The standard InChI is InChI=1S/C24H25N3O5S2/c1-17(2)20-11-6-12-21-24(20)23(16-27(21)34(31,32)19-9-4-3-5-10-19)33(29,30)26-15-22(28)18-8-7-13-25-14-18/h3-14,16-17,22,26,28H,15H2,1-2H3. The van der Waals surface area contributed by atoms with E-state index in [0.717, 1.165) is 10.2 Å². The molecule has 4 aromatic rings. The maximum Gasteiger partial charge on any atom is 0.268 e. The van der Waals surface area contributed by atoms with E-state index in [-0.39, 0.29) is 27.8 Å². The molecule has 2 N–H and O–H groups in total. The predicted octanol–water partition coefficient (Wildman–Crippen LogP) is 3.41. The lowest BCUT2D eigenvalue weighted by Crippen LogP contribution is -2.28. The smallest absolute Gasteiger partial charge is 0.268 e. The number of nitrogens with zero attached hydrogens (tertiary/aromatic N) is 2. The number of hydrogen-bond donors (Lipinski definition) is 2. The van der Waals surface area contributed by atoms with Crippen molar-refractivity contribution in [2.45, 2.75) is 35.7 Å². The van der Waals surface area contributed by atoms with Crippen LogP contribution in [0.25, 0.3) is 10.9 Å². The van der Waals surface area contributed by atoms with Gasteiger partial charge in [0.1, 0.15) is 4.90 Å². The van der Waals surface area contributed by atoms with Crippen molar-refractivity contribution in [2.24, 2.45) is 0 Å². The van der Waals surface area contributed by atoms with Gasteiger partial charge in [0, 0.05) is 36.1 Å². The summed E-state index contributed by atoms with van der Waals surface area (Å²) in [5.41, 5.74) is 1.43. The van der Waals surface area contributed by atoms with Gasteiger partial charge in [-0.25, -0.2) is 25.5 Å². The van der Waals surface area contributed by atoms with Gasteiger partial charge >= 0.3 is 0 Å². The molecule has 1 unspecified atom stereocenters. The molecule has 0 aliphatic rings. The van der Waals surface area contributed by atoms with Gasteiger partial charge in [-0.2, -0.15) is 0 Å². The second-order valence-electron chi connectivity index (χ2n) is 8.16. The van der Waals surface area contributed by atoms with Gasteiger partial charge in [-0.1, -0.05) is 50.2 Å². The fraction of sp³-hybridized carbons (Fsp3) is 0.208. The number of nitrogens with one attached hydrogen (secondary N) is 1. The molecule has 0 radical (unpaired) electrons. The Morgan fingerprint density at radius 1 is 0.971 bits per heavy atom. The first-order valence-corrected chi connectivity index (χ1v) is 13.6. The zero-order valence-electron chi connectivity index (χ0n) is 18.7. The van der Waals surface area contributed by atoms with Crippen molar-refractivity contribution in [3.8, 4) is 0 Å². The maximum absolute atomic E-state index is 13.4. The summed E-state index contributed by atoms with van der Waals surface area (Å²) in [6.07, 6.45) is 3.02. The number of rotatable bonds is 8. The highest BCUT2D eigenvalue weighted by Crippen LogP contribution is 2.34. The minimum Gasteiger partial charge on any atom is -0.387 e. The summed E-state index contributed by atoms with van der Waals surface area (Å²) >= 11 is 0. The second-order valence-corrected chi connectivity index (χ2v) is 11.7. The third kappa shape index (κ3) is 4.49. The van der Waals surface area contributed by atoms with Crippen LogP contribution < -0.4 is 4.72 Å². The summed E-state index contributed by atoms with van der Waals surface area (Å²) in [7, 11) is -8.24. The van der Waals surface area contributed by atoms with Crippen molar-refractivity contribution in [1.29, 1.82) is 0 Å². The van der Waals surface area contributed by atoms with Gasteiger partial charge in [0.15, 0.2) is 0 Å². The Balaban J connectivity index is 1.84. The molecule has 0 aliphatic carbocycles. The molecule has 0 saturated heterocycles. The third-order valence-electron chi connectivity index (χ3n) is 5.54. The van der Waals surface area contributed by atoms with Crippen LogP contribution in [0.1, 0.15) is 37.0 Å². The highest BCUT2D eigenvalue weighted by atomic mass is 32.2. The van der Waals surface area contributed by atoms with Crippen LogP contribution in [-0.4, -0.2) is 37.4 Å². The molecule has 178 valence electrons. The van der Waals surface area contributed by atoms with Crippen LogP contribution in [0.15, 0.2) is 89.0 Å². The van der Waals surface area contributed by atoms with Gasteiger partial charge in [0.2, 0.25) is 10.0 Å². The minimum absolute atomic E-state index is 0.0470. The first kappa shape index (κ1) is 24.1. The predicted molar refractivity (Wildman–Crippen MR) is 129 cm³/mol. The van der Waals surface area contributed by atoms with E-state index in [2.05, 4.69) is 9.71 Å². The van der Waals surface area contributed by atoms with Crippen molar-refractivity contribution in [1.82, 2.24) is 13.7 Å². The number of aliphatic hydroxyl groups excluding tert-OH is 1. The fourth-order valence-corrected chi connectivity index (χ4v) is 6.52. The van der Waals surface area contributed by atoms with Crippen LogP contribution in [-0.2, 0) is 20.0 Å². The number of sulfonamides is 1. The Morgan fingerprint density at radius 3 is 2.35 bits per heavy atom.